The molecule has 0 aliphatic heterocycles. The lowest BCUT2D eigenvalue weighted by Gasteiger charge is -2.07. The third-order valence-electron chi connectivity index (χ3n) is 3.06. The summed E-state index contributed by atoms with van der Waals surface area (Å²) in [7, 11) is 0. The number of unbranched alkanes of at least 4 members (excludes halogenated alkanes) is 6. The maximum absolute atomic E-state index is 11.5. The van der Waals surface area contributed by atoms with E-state index in [4.69, 9.17) is 21.7 Å². The van der Waals surface area contributed by atoms with Crippen LogP contribution in [0.3, 0.4) is 0 Å². The van der Waals surface area contributed by atoms with Gasteiger partial charge < -0.3 is 9.47 Å². The van der Waals surface area contributed by atoms with Crippen molar-refractivity contribution < 1.29 is 14.3 Å². The molecule has 0 unspecified atom stereocenters. The van der Waals surface area contributed by atoms with Crippen LogP contribution in [0.15, 0.2) is 0 Å². The van der Waals surface area contributed by atoms with Gasteiger partial charge in [0.1, 0.15) is 0 Å². The first-order chi connectivity index (χ1) is 9.70. The molecule has 0 spiro atoms. The molecule has 0 saturated carbocycles. The van der Waals surface area contributed by atoms with Gasteiger partial charge in [0, 0.05) is 6.42 Å². The Morgan fingerprint density at radius 3 is 1.90 bits per heavy atom. The van der Waals surface area contributed by atoms with Crippen molar-refractivity contribution in [1.82, 2.24) is 0 Å². The van der Waals surface area contributed by atoms with Crippen molar-refractivity contribution >= 4 is 23.2 Å². The molecule has 0 radical (unpaired) electrons. The molecule has 0 heterocycles. The number of carbonyl (C=O) groups excluding carboxylic acids is 1. The summed E-state index contributed by atoms with van der Waals surface area (Å²) >= 11 is 5.09. The summed E-state index contributed by atoms with van der Waals surface area (Å²) in [5.74, 6) is -0.168. The van der Waals surface area contributed by atoms with E-state index < -0.39 is 0 Å². The molecule has 0 atom stereocenters. The molecule has 3 nitrogen and oxygen atoms in total. The SMILES string of the molecule is CCCCCCOC(=O)CCC(=S)OCCCCCC. The van der Waals surface area contributed by atoms with Gasteiger partial charge in [0.15, 0.2) is 5.05 Å². The van der Waals surface area contributed by atoms with Gasteiger partial charge >= 0.3 is 5.97 Å². The van der Waals surface area contributed by atoms with Gasteiger partial charge in [0.05, 0.1) is 19.6 Å². The Balaban J connectivity index is 3.37. The van der Waals surface area contributed by atoms with Crippen LogP contribution in [0, 0.1) is 0 Å². The highest BCUT2D eigenvalue weighted by atomic mass is 32.1. The number of ether oxygens (including phenoxy) is 2. The van der Waals surface area contributed by atoms with Crippen molar-refractivity contribution in [3.05, 3.63) is 0 Å². The zero-order chi connectivity index (χ0) is 15.1. The van der Waals surface area contributed by atoms with Crippen LogP contribution in [0.2, 0.25) is 0 Å². The van der Waals surface area contributed by atoms with Gasteiger partial charge in [-0.15, -0.1) is 0 Å². The molecule has 0 bridgehead atoms. The molecule has 0 aromatic carbocycles. The van der Waals surface area contributed by atoms with Gasteiger partial charge in [-0.3, -0.25) is 4.79 Å². The van der Waals surface area contributed by atoms with Crippen LogP contribution in [0.25, 0.3) is 0 Å². The van der Waals surface area contributed by atoms with Crippen molar-refractivity contribution in [1.29, 1.82) is 0 Å². The highest BCUT2D eigenvalue weighted by molar-refractivity contribution is 7.80. The summed E-state index contributed by atoms with van der Waals surface area (Å²) in [6.07, 6.45) is 9.98. The van der Waals surface area contributed by atoms with Crippen molar-refractivity contribution in [3.63, 3.8) is 0 Å². The van der Waals surface area contributed by atoms with Crippen molar-refractivity contribution in [3.8, 4) is 0 Å². The first-order valence-electron chi connectivity index (χ1n) is 8.02. The Morgan fingerprint density at radius 2 is 1.35 bits per heavy atom. The van der Waals surface area contributed by atoms with Crippen LogP contribution >= 0.6 is 12.2 Å². The van der Waals surface area contributed by atoms with Gasteiger partial charge in [-0.2, -0.15) is 0 Å². The summed E-state index contributed by atoms with van der Waals surface area (Å²) in [6, 6.07) is 0. The highest BCUT2D eigenvalue weighted by Crippen LogP contribution is 2.04. The average Bonchev–Trinajstić information content (AvgIpc) is 2.44. The van der Waals surface area contributed by atoms with Crippen LogP contribution < -0.4 is 0 Å². The second-order valence-corrected chi connectivity index (χ2v) is 5.52. The fourth-order valence-electron chi connectivity index (χ4n) is 1.78. The molecule has 0 rings (SSSR count). The molecule has 0 saturated heterocycles. The van der Waals surface area contributed by atoms with E-state index in [-0.39, 0.29) is 5.97 Å². The second kappa shape index (κ2) is 14.8. The van der Waals surface area contributed by atoms with Gasteiger partial charge in [-0.1, -0.05) is 52.4 Å². The van der Waals surface area contributed by atoms with Gasteiger partial charge in [0.25, 0.3) is 0 Å². The van der Waals surface area contributed by atoms with Crippen LogP contribution in [0.4, 0.5) is 0 Å². The molecule has 118 valence electrons. The minimum atomic E-state index is -0.168. The number of thiocarbonyl (C=S) groups is 1. The highest BCUT2D eigenvalue weighted by Gasteiger charge is 2.06. The van der Waals surface area contributed by atoms with E-state index in [1.807, 2.05) is 0 Å². The largest absolute Gasteiger partial charge is 0.487 e. The summed E-state index contributed by atoms with van der Waals surface area (Å²) in [6.45, 7) is 5.54. The molecule has 0 aromatic heterocycles. The number of hydrogen-bond acceptors (Lipinski definition) is 4. The number of rotatable bonds is 13. The third-order valence-corrected chi connectivity index (χ3v) is 3.38. The molecular weight excluding hydrogens is 272 g/mol. The number of hydrogen-bond donors (Lipinski definition) is 0. The molecule has 0 N–H and O–H groups in total. The van der Waals surface area contributed by atoms with Gasteiger partial charge in [-0.05, 0) is 25.1 Å². The van der Waals surface area contributed by atoms with Crippen molar-refractivity contribution in [2.75, 3.05) is 13.2 Å². The molecule has 4 heteroatoms. The molecule has 0 aromatic rings. The first-order valence-corrected chi connectivity index (χ1v) is 8.42. The molecule has 0 fully saturated rings. The van der Waals surface area contributed by atoms with E-state index in [2.05, 4.69) is 13.8 Å². The maximum atomic E-state index is 11.5. The fourth-order valence-corrected chi connectivity index (χ4v) is 1.96. The molecule has 0 aliphatic rings. The normalized spacial score (nSPS) is 10.3. The summed E-state index contributed by atoms with van der Waals surface area (Å²) in [5.41, 5.74) is 0. The van der Waals surface area contributed by atoms with Crippen molar-refractivity contribution in [2.45, 2.75) is 78.1 Å². The monoisotopic (exact) mass is 302 g/mol. The minimum Gasteiger partial charge on any atom is -0.487 e. The van der Waals surface area contributed by atoms with E-state index >= 15 is 0 Å². The summed E-state index contributed by atoms with van der Waals surface area (Å²) < 4.78 is 10.6. The Morgan fingerprint density at radius 1 is 0.800 bits per heavy atom. The van der Waals surface area contributed by atoms with Crippen LogP contribution in [-0.4, -0.2) is 24.2 Å². The predicted octanol–water partition coefficient (Wildman–Crippen LogP) is 4.81. The van der Waals surface area contributed by atoms with E-state index in [9.17, 15) is 4.79 Å². The second-order valence-electron chi connectivity index (χ2n) is 5.06. The van der Waals surface area contributed by atoms with Crippen LogP contribution in [-0.2, 0) is 14.3 Å². The fraction of sp³-hybridized carbons (Fsp3) is 0.875. The van der Waals surface area contributed by atoms with Gasteiger partial charge in [-0.25, -0.2) is 0 Å². The first kappa shape index (κ1) is 19.4. The maximum Gasteiger partial charge on any atom is 0.306 e. The molecular formula is C16H30O3S. The Bertz CT molecular complexity index is 228. The number of carbonyl (C=O) groups is 1. The Hall–Kier alpha value is -0.640. The van der Waals surface area contributed by atoms with Gasteiger partial charge in [0.2, 0.25) is 0 Å². The zero-order valence-corrected chi connectivity index (χ0v) is 13.9. The molecule has 20 heavy (non-hydrogen) atoms. The zero-order valence-electron chi connectivity index (χ0n) is 13.1. The molecule has 0 aliphatic carbocycles. The Labute approximate surface area is 129 Å². The average molecular weight is 302 g/mol. The summed E-state index contributed by atoms with van der Waals surface area (Å²) in [5, 5.41) is 0.532. The smallest absolute Gasteiger partial charge is 0.306 e. The lowest BCUT2D eigenvalue weighted by atomic mass is 10.2. The Kier molecular flexibility index (Phi) is 14.3. The third kappa shape index (κ3) is 13.8. The lowest BCUT2D eigenvalue weighted by Crippen LogP contribution is -2.10. The number of esters is 1. The standard InChI is InChI=1S/C16H30O3S/c1-3-5-7-9-13-18-15(17)11-12-16(20)19-14-10-8-6-4-2/h3-14H2,1-2H3. The quantitative estimate of drug-likeness (QED) is 0.278. The predicted molar refractivity (Wildman–Crippen MR) is 87.0 cm³/mol. The summed E-state index contributed by atoms with van der Waals surface area (Å²) in [4.78, 5) is 11.5. The topological polar surface area (TPSA) is 35.5 Å². The van der Waals surface area contributed by atoms with Crippen LogP contribution in [0.5, 0.6) is 0 Å². The van der Waals surface area contributed by atoms with E-state index in [1.165, 1.54) is 32.1 Å². The van der Waals surface area contributed by atoms with Crippen molar-refractivity contribution in [2.24, 2.45) is 0 Å². The lowest BCUT2D eigenvalue weighted by molar-refractivity contribution is -0.143. The molecule has 0 amide bonds. The van der Waals surface area contributed by atoms with E-state index in [0.29, 0.717) is 31.1 Å². The minimum absolute atomic E-state index is 0.168. The van der Waals surface area contributed by atoms with Crippen LogP contribution in [0.1, 0.15) is 78.1 Å². The van der Waals surface area contributed by atoms with E-state index in [0.717, 1.165) is 19.3 Å². The van der Waals surface area contributed by atoms with E-state index in [1.54, 1.807) is 0 Å².